The first-order valence-corrected chi connectivity index (χ1v) is 4.61. The van der Waals surface area contributed by atoms with Gasteiger partial charge in [0.25, 0.3) is 0 Å². The molecule has 0 aliphatic heterocycles. The van der Waals surface area contributed by atoms with Crippen LogP contribution < -0.4 is 5.32 Å². The third kappa shape index (κ3) is 2.85. The fourth-order valence-electron chi connectivity index (χ4n) is 1.68. The van der Waals surface area contributed by atoms with Crippen LogP contribution in [0.1, 0.15) is 6.42 Å². The summed E-state index contributed by atoms with van der Waals surface area (Å²) in [6, 6.07) is -2.09. The number of rotatable bonds is 2. The summed E-state index contributed by atoms with van der Waals surface area (Å²) in [6.07, 6.45) is -11.0. The summed E-state index contributed by atoms with van der Waals surface area (Å²) in [6.45, 7) is 0. The SMILES string of the molecule is O=C(O)[C@@H]1C[C@@H](C(F)(F)F)[C@@H]1NC(=O)C(F)(F)F. The Kier molecular flexibility index (Phi) is 3.50. The number of hydrogen-bond acceptors (Lipinski definition) is 2. The standard InChI is InChI=1S/C8H7F6NO3/c9-7(10,11)3-1-2(5(16)17)4(3)15-6(18)8(12,13)14/h2-4H,1H2,(H,15,18)(H,16,17)/t2-,3-,4-/m1/s1. The van der Waals surface area contributed by atoms with E-state index >= 15 is 0 Å². The second-order valence-electron chi connectivity index (χ2n) is 3.83. The first-order chi connectivity index (χ1) is 7.94. The molecule has 1 rings (SSSR count). The van der Waals surface area contributed by atoms with E-state index in [0.717, 1.165) is 5.32 Å². The molecule has 18 heavy (non-hydrogen) atoms. The second kappa shape index (κ2) is 4.32. The van der Waals surface area contributed by atoms with Crippen molar-refractivity contribution in [1.29, 1.82) is 0 Å². The number of carboxylic acid groups (broad SMARTS) is 1. The highest BCUT2D eigenvalue weighted by Crippen LogP contribution is 2.45. The lowest BCUT2D eigenvalue weighted by molar-refractivity contribution is -0.222. The molecule has 4 nitrogen and oxygen atoms in total. The smallest absolute Gasteiger partial charge is 0.471 e. The maximum atomic E-state index is 12.3. The van der Waals surface area contributed by atoms with Crippen molar-refractivity contribution < 1.29 is 41.0 Å². The highest BCUT2D eigenvalue weighted by molar-refractivity contribution is 5.83. The van der Waals surface area contributed by atoms with E-state index in [9.17, 15) is 35.9 Å². The Morgan fingerprint density at radius 1 is 1.11 bits per heavy atom. The molecule has 10 heteroatoms. The van der Waals surface area contributed by atoms with Crippen LogP contribution in [0.15, 0.2) is 0 Å². The van der Waals surface area contributed by atoms with Crippen LogP contribution in [0.25, 0.3) is 0 Å². The van der Waals surface area contributed by atoms with Crippen LogP contribution >= 0.6 is 0 Å². The summed E-state index contributed by atoms with van der Waals surface area (Å²) in [5.74, 6) is -8.19. The highest BCUT2D eigenvalue weighted by Gasteiger charge is 2.59. The molecular formula is C8H7F6NO3. The summed E-state index contributed by atoms with van der Waals surface area (Å²) < 4.78 is 72.6. The van der Waals surface area contributed by atoms with Crippen molar-refractivity contribution in [3.8, 4) is 0 Å². The third-order valence-electron chi connectivity index (χ3n) is 2.67. The number of carbonyl (C=O) groups excluding carboxylic acids is 1. The predicted molar refractivity (Wildman–Crippen MR) is 43.3 cm³/mol. The molecule has 0 saturated heterocycles. The van der Waals surface area contributed by atoms with Crippen LogP contribution in [-0.4, -0.2) is 35.4 Å². The van der Waals surface area contributed by atoms with Crippen molar-refractivity contribution in [1.82, 2.24) is 5.32 Å². The normalized spacial score (nSPS) is 28.4. The van der Waals surface area contributed by atoms with E-state index in [1.165, 1.54) is 0 Å². The van der Waals surface area contributed by atoms with Gasteiger partial charge in [0.15, 0.2) is 0 Å². The van der Waals surface area contributed by atoms with Gasteiger partial charge in [-0.2, -0.15) is 26.3 Å². The number of carboxylic acids is 1. The molecule has 0 heterocycles. The Morgan fingerprint density at radius 2 is 1.61 bits per heavy atom. The van der Waals surface area contributed by atoms with Gasteiger partial charge in [-0.3, -0.25) is 9.59 Å². The Balaban J connectivity index is 2.80. The number of amides is 1. The van der Waals surface area contributed by atoms with E-state index in [-0.39, 0.29) is 0 Å². The van der Waals surface area contributed by atoms with Gasteiger partial charge < -0.3 is 10.4 Å². The first kappa shape index (κ1) is 14.6. The van der Waals surface area contributed by atoms with E-state index in [4.69, 9.17) is 5.11 Å². The monoisotopic (exact) mass is 279 g/mol. The lowest BCUT2D eigenvalue weighted by Crippen LogP contribution is -2.62. The molecule has 1 aliphatic rings. The van der Waals surface area contributed by atoms with Crippen molar-refractivity contribution in [3.05, 3.63) is 0 Å². The van der Waals surface area contributed by atoms with Gasteiger partial charge in [0.05, 0.1) is 17.9 Å². The number of halogens is 6. The van der Waals surface area contributed by atoms with Crippen LogP contribution in [0.5, 0.6) is 0 Å². The van der Waals surface area contributed by atoms with E-state index < -0.39 is 48.5 Å². The largest absolute Gasteiger partial charge is 0.481 e. The number of nitrogens with one attached hydrogen (secondary N) is 1. The third-order valence-corrected chi connectivity index (χ3v) is 2.67. The Labute approximate surface area is 95.9 Å². The number of aliphatic carboxylic acids is 1. The first-order valence-electron chi connectivity index (χ1n) is 4.61. The minimum absolute atomic E-state index is 0.846. The molecule has 1 aliphatic carbocycles. The van der Waals surface area contributed by atoms with Crippen LogP contribution in [0, 0.1) is 11.8 Å². The lowest BCUT2D eigenvalue weighted by atomic mass is 9.69. The van der Waals surface area contributed by atoms with Gasteiger partial charge in [-0.15, -0.1) is 0 Å². The lowest BCUT2D eigenvalue weighted by Gasteiger charge is -2.43. The minimum atomic E-state index is -5.35. The average Bonchev–Trinajstić information content (AvgIpc) is 2.06. The molecule has 1 amide bonds. The molecule has 104 valence electrons. The van der Waals surface area contributed by atoms with Gasteiger partial charge in [0.2, 0.25) is 0 Å². The van der Waals surface area contributed by atoms with Crippen LogP contribution in [-0.2, 0) is 9.59 Å². The molecule has 0 aromatic carbocycles. The van der Waals surface area contributed by atoms with E-state index in [1.807, 2.05) is 0 Å². The molecule has 1 fully saturated rings. The van der Waals surface area contributed by atoms with Crippen LogP contribution in [0.4, 0.5) is 26.3 Å². The summed E-state index contributed by atoms with van der Waals surface area (Å²) in [7, 11) is 0. The topological polar surface area (TPSA) is 66.4 Å². The molecule has 1 saturated carbocycles. The van der Waals surface area contributed by atoms with Crippen molar-refractivity contribution in [2.75, 3.05) is 0 Å². The number of hydrogen-bond donors (Lipinski definition) is 2. The second-order valence-corrected chi connectivity index (χ2v) is 3.83. The van der Waals surface area contributed by atoms with Crippen molar-refractivity contribution in [3.63, 3.8) is 0 Å². The van der Waals surface area contributed by atoms with E-state index in [1.54, 1.807) is 0 Å². The molecular weight excluding hydrogens is 272 g/mol. The zero-order valence-electron chi connectivity index (χ0n) is 8.47. The van der Waals surface area contributed by atoms with E-state index in [0.29, 0.717) is 0 Å². The Morgan fingerprint density at radius 3 is 1.94 bits per heavy atom. The minimum Gasteiger partial charge on any atom is -0.481 e. The zero-order chi connectivity index (χ0) is 14.3. The van der Waals surface area contributed by atoms with Gasteiger partial charge >= 0.3 is 24.2 Å². The average molecular weight is 279 g/mol. The molecule has 0 radical (unpaired) electrons. The Bertz CT molecular complexity index is 363. The number of alkyl halides is 6. The van der Waals surface area contributed by atoms with E-state index in [2.05, 4.69) is 0 Å². The van der Waals surface area contributed by atoms with Crippen LogP contribution in [0.3, 0.4) is 0 Å². The fraction of sp³-hybridized carbons (Fsp3) is 0.750. The van der Waals surface area contributed by atoms with Gasteiger partial charge in [0.1, 0.15) is 0 Å². The number of carbonyl (C=O) groups is 2. The summed E-state index contributed by atoms with van der Waals surface area (Å²) >= 11 is 0. The van der Waals surface area contributed by atoms with Crippen molar-refractivity contribution in [2.24, 2.45) is 11.8 Å². The van der Waals surface area contributed by atoms with Gasteiger partial charge in [-0.05, 0) is 6.42 Å². The highest BCUT2D eigenvalue weighted by atomic mass is 19.4. The van der Waals surface area contributed by atoms with Crippen molar-refractivity contribution in [2.45, 2.75) is 24.8 Å². The van der Waals surface area contributed by atoms with Gasteiger partial charge in [-0.25, -0.2) is 0 Å². The summed E-state index contributed by atoms with van der Waals surface area (Å²) in [5.41, 5.74) is 0. The quantitative estimate of drug-likeness (QED) is 0.749. The molecule has 0 aromatic rings. The molecule has 0 spiro atoms. The van der Waals surface area contributed by atoms with Crippen molar-refractivity contribution >= 4 is 11.9 Å². The van der Waals surface area contributed by atoms with Gasteiger partial charge in [0, 0.05) is 0 Å². The molecule has 2 N–H and O–H groups in total. The maximum absolute atomic E-state index is 12.3. The predicted octanol–water partition coefficient (Wildman–Crippen LogP) is 1.32. The van der Waals surface area contributed by atoms with Crippen LogP contribution in [0.2, 0.25) is 0 Å². The summed E-state index contributed by atoms with van der Waals surface area (Å²) in [5, 5.41) is 9.58. The van der Waals surface area contributed by atoms with Gasteiger partial charge in [-0.1, -0.05) is 0 Å². The summed E-state index contributed by atoms with van der Waals surface area (Å²) in [4.78, 5) is 21.0. The molecule has 0 aromatic heterocycles. The zero-order valence-corrected chi connectivity index (χ0v) is 8.47. The maximum Gasteiger partial charge on any atom is 0.471 e. The molecule has 3 atom stereocenters. The molecule has 0 bridgehead atoms. The Hall–Kier alpha value is -1.48. The fourth-order valence-corrected chi connectivity index (χ4v) is 1.68. The molecule has 0 unspecified atom stereocenters.